The Bertz CT molecular complexity index is 633. The lowest BCUT2D eigenvalue weighted by molar-refractivity contribution is 0.0593. The molecule has 0 unspecified atom stereocenters. The summed E-state index contributed by atoms with van der Waals surface area (Å²) in [5.41, 5.74) is 3.42. The largest absolute Gasteiger partial charge is 0.488 e. The molecule has 92 valence electrons. The van der Waals surface area contributed by atoms with Crippen molar-refractivity contribution in [1.82, 2.24) is 4.98 Å². The van der Waals surface area contributed by atoms with Crippen LogP contribution in [0.5, 0.6) is 5.75 Å². The molecule has 1 aliphatic rings. The molecule has 1 N–H and O–H groups in total. The predicted molar refractivity (Wildman–Crippen MR) is 74.6 cm³/mol. The molecule has 0 saturated carbocycles. The maximum Gasteiger partial charge on any atom is 0.355 e. The van der Waals surface area contributed by atoms with Crippen LogP contribution in [0.2, 0.25) is 0 Å². The lowest BCUT2D eigenvalue weighted by Gasteiger charge is -2.17. The normalized spacial score (nSPS) is 12.3. The minimum absolute atomic E-state index is 0.355. The highest BCUT2D eigenvalue weighted by Gasteiger charge is 2.26. The van der Waals surface area contributed by atoms with E-state index in [1.165, 1.54) is 7.11 Å². The number of methoxy groups -OCH3 is 1. The zero-order valence-electron chi connectivity index (χ0n) is 9.62. The Labute approximate surface area is 117 Å². The molecule has 0 radical (unpaired) electrons. The molecule has 0 fully saturated rings. The van der Waals surface area contributed by atoms with Crippen LogP contribution in [0, 0.1) is 3.57 Å². The maximum absolute atomic E-state index is 11.7. The number of aromatic nitrogens is 1. The number of H-pyrrole nitrogens is 1. The Morgan fingerprint density at radius 1 is 1.44 bits per heavy atom. The van der Waals surface area contributed by atoms with Crippen LogP contribution in [-0.2, 0) is 11.3 Å². The number of carbonyl (C=O) groups is 1. The molecule has 1 aromatic carbocycles. The van der Waals surface area contributed by atoms with Crippen molar-refractivity contribution < 1.29 is 14.3 Å². The molecule has 0 spiro atoms. The number of hydrogen-bond donors (Lipinski definition) is 1. The van der Waals surface area contributed by atoms with Crippen LogP contribution in [0.4, 0.5) is 0 Å². The van der Waals surface area contributed by atoms with Crippen molar-refractivity contribution in [2.24, 2.45) is 0 Å². The Kier molecular flexibility index (Phi) is 2.77. The van der Waals surface area contributed by atoms with E-state index in [2.05, 4.69) is 27.6 Å². The number of esters is 1. The minimum Gasteiger partial charge on any atom is -0.488 e. The summed E-state index contributed by atoms with van der Waals surface area (Å²) in [5.74, 6) is 0.477. The number of aromatic amines is 1. The first-order valence-electron chi connectivity index (χ1n) is 5.43. The van der Waals surface area contributed by atoms with Crippen molar-refractivity contribution in [2.75, 3.05) is 7.11 Å². The van der Waals surface area contributed by atoms with Gasteiger partial charge in [0.15, 0.2) is 0 Å². The van der Waals surface area contributed by atoms with Gasteiger partial charge in [0.1, 0.15) is 18.1 Å². The third kappa shape index (κ3) is 1.61. The van der Waals surface area contributed by atoms with Crippen molar-refractivity contribution >= 4 is 28.6 Å². The van der Waals surface area contributed by atoms with Crippen molar-refractivity contribution in [3.8, 4) is 17.0 Å². The Morgan fingerprint density at radius 2 is 2.22 bits per heavy atom. The summed E-state index contributed by atoms with van der Waals surface area (Å²) < 4.78 is 11.3. The molecule has 0 bridgehead atoms. The Balaban J connectivity index is 2.20. The van der Waals surface area contributed by atoms with Crippen LogP contribution < -0.4 is 4.74 Å². The molecule has 4 nitrogen and oxygen atoms in total. The summed E-state index contributed by atoms with van der Waals surface area (Å²) >= 11 is 2.14. The Morgan fingerprint density at radius 3 is 3.00 bits per heavy atom. The number of nitrogens with one attached hydrogen (secondary N) is 1. The summed E-state index contributed by atoms with van der Waals surface area (Å²) in [7, 11) is 1.38. The molecule has 0 atom stereocenters. The molecule has 0 aliphatic carbocycles. The van der Waals surface area contributed by atoms with E-state index in [1.54, 1.807) is 0 Å². The second-order valence-electron chi connectivity index (χ2n) is 3.94. The van der Waals surface area contributed by atoms with Gasteiger partial charge in [0.25, 0.3) is 0 Å². The molecular weight excluding hydrogens is 345 g/mol. The SMILES string of the molecule is COC(=O)c1[nH]c2c(c1I)COc1ccccc1-2. The number of fused-ring (bicyclic) bond motifs is 3. The average Bonchev–Trinajstić information content (AvgIpc) is 2.76. The number of carbonyl (C=O) groups excluding carboxylic acids is 1. The van der Waals surface area contributed by atoms with Crippen LogP contribution in [0.25, 0.3) is 11.3 Å². The van der Waals surface area contributed by atoms with Crippen LogP contribution in [0.3, 0.4) is 0 Å². The lowest BCUT2D eigenvalue weighted by atomic mass is 10.1. The third-order valence-corrected chi connectivity index (χ3v) is 4.14. The summed E-state index contributed by atoms with van der Waals surface area (Å²) in [6, 6.07) is 7.77. The third-order valence-electron chi connectivity index (χ3n) is 2.95. The van der Waals surface area contributed by atoms with Gasteiger partial charge in [-0.15, -0.1) is 0 Å². The molecule has 2 heterocycles. The van der Waals surface area contributed by atoms with E-state index in [0.29, 0.717) is 12.3 Å². The van der Waals surface area contributed by atoms with Crippen LogP contribution >= 0.6 is 22.6 Å². The first-order valence-corrected chi connectivity index (χ1v) is 6.51. The highest BCUT2D eigenvalue weighted by Crippen LogP contribution is 2.39. The molecule has 5 heteroatoms. The molecule has 1 aliphatic heterocycles. The number of rotatable bonds is 1. The number of ether oxygens (including phenoxy) is 2. The maximum atomic E-state index is 11.7. The van der Waals surface area contributed by atoms with E-state index >= 15 is 0 Å². The Hall–Kier alpha value is -1.50. The van der Waals surface area contributed by atoms with E-state index in [4.69, 9.17) is 9.47 Å². The minimum atomic E-state index is -0.355. The average molecular weight is 355 g/mol. The van der Waals surface area contributed by atoms with Gasteiger partial charge in [-0.05, 0) is 34.7 Å². The van der Waals surface area contributed by atoms with E-state index < -0.39 is 0 Å². The van der Waals surface area contributed by atoms with Crippen molar-refractivity contribution in [3.63, 3.8) is 0 Å². The second-order valence-corrected chi connectivity index (χ2v) is 5.02. The fraction of sp³-hybridized carbons (Fsp3) is 0.154. The molecule has 0 amide bonds. The van der Waals surface area contributed by atoms with Crippen molar-refractivity contribution in [2.45, 2.75) is 6.61 Å². The summed E-state index contributed by atoms with van der Waals surface area (Å²) in [6.07, 6.45) is 0. The van der Waals surface area contributed by atoms with Gasteiger partial charge in [-0.3, -0.25) is 0 Å². The topological polar surface area (TPSA) is 51.3 Å². The van der Waals surface area contributed by atoms with E-state index in [9.17, 15) is 4.79 Å². The fourth-order valence-electron chi connectivity index (χ4n) is 2.07. The molecular formula is C13H10INO3. The zero-order valence-corrected chi connectivity index (χ0v) is 11.8. The van der Waals surface area contributed by atoms with E-state index in [0.717, 1.165) is 26.1 Å². The number of para-hydroxylation sites is 1. The zero-order chi connectivity index (χ0) is 12.7. The van der Waals surface area contributed by atoms with Gasteiger partial charge in [0, 0.05) is 11.1 Å². The van der Waals surface area contributed by atoms with Gasteiger partial charge in [-0.1, -0.05) is 12.1 Å². The highest BCUT2D eigenvalue weighted by molar-refractivity contribution is 14.1. The van der Waals surface area contributed by atoms with Gasteiger partial charge in [-0.2, -0.15) is 0 Å². The van der Waals surface area contributed by atoms with E-state index in [-0.39, 0.29) is 5.97 Å². The summed E-state index contributed by atoms with van der Waals surface area (Å²) in [6.45, 7) is 0.470. The number of halogens is 1. The van der Waals surface area contributed by atoms with Gasteiger partial charge in [0.2, 0.25) is 0 Å². The molecule has 0 saturated heterocycles. The lowest BCUT2D eigenvalue weighted by Crippen LogP contribution is -2.05. The summed E-state index contributed by atoms with van der Waals surface area (Å²) in [5, 5.41) is 0. The second kappa shape index (κ2) is 4.31. The molecule has 1 aromatic heterocycles. The highest BCUT2D eigenvalue weighted by atomic mass is 127. The van der Waals surface area contributed by atoms with Crippen molar-refractivity contribution in [3.05, 3.63) is 39.1 Å². The number of benzene rings is 1. The molecule has 2 aromatic rings. The van der Waals surface area contributed by atoms with Crippen molar-refractivity contribution in [1.29, 1.82) is 0 Å². The first kappa shape index (κ1) is 11.6. The smallest absolute Gasteiger partial charge is 0.355 e. The van der Waals surface area contributed by atoms with E-state index in [1.807, 2.05) is 24.3 Å². The van der Waals surface area contributed by atoms with Gasteiger partial charge < -0.3 is 14.5 Å². The quantitative estimate of drug-likeness (QED) is 0.632. The monoisotopic (exact) mass is 355 g/mol. The fourth-order valence-corrected chi connectivity index (χ4v) is 2.85. The predicted octanol–water partition coefficient (Wildman–Crippen LogP) is 2.97. The molecule has 3 rings (SSSR count). The van der Waals surface area contributed by atoms with Gasteiger partial charge in [0.05, 0.1) is 16.4 Å². The first-order chi connectivity index (χ1) is 8.72. The molecule has 18 heavy (non-hydrogen) atoms. The van der Waals surface area contributed by atoms with Crippen LogP contribution in [-0.4, -0.2) is 18.1 Å². The summed E-state index contributed by atoms with van der Waals surface area (Å²) in [4.78, 5) is 14.8. The van der Waals surface area contributed by atoms with Crippen LogP contribution in [0.15, 0.2) is 24.3 Å². The van der Waals surface area contributed by atoms with Gasteiger partial charge >= 0.3 is 5.97 Å². The standard InChI is InChI=1S/C13H10INO3/c1-17-13(16)12-10(14)8-6-18-9-5-3-2-4-7(9)11(8)15-12/h2-5,15H,6H2,1H3. The van der Waals surface area contributed by atoms with Gasteiger partial charge in [-0.25, -0.2) is 4.79 Å². The van der Waals surface area contributed by atoms with Crippen LogP contribution in [0.1, 0.15) is 16.1 Å². The number of hydrogen-bond acceptors (Lipinski definition) is 3.